The second-order valence-electron chi connectivity index (χ2n) is 4.91. The number of nitrogen functional groups attached to an aromatic ring is 1. The Morgan fingerprint density at radius 3 is 2.75 bits per heavy atom. The van der Waals surface area contributed by atoms with Crippen LogP contribution in [0.4, 0.5) is 5.82 Å². The zero-order valence-corrected chi connectivity index (χ0v) is 9.06. The molecular weight excluding hydrogens is 200 g/mol. The van der Waals surface area contributed by atoms with Gasteiger partial charge < -0.3 is 10.3 Å². The fourth-order valence-corrected chi connectivity index (χ4v) is 2.41. The van der Waals surface area contributed by atoms with Gasteiger partial charge in [-0.3, -0.25) is 0 Å². The van der Waals surface area contributed by atoms with Crippen molar-refractivity contribution in [3.05, 3.63) is 18.1 Å². The Kier molecular flexibility index (Phi) is 1.47. The van der Waals surface area contributed by atoms with Crippen LogP contribution in [0.15, 0.2) is 12.3 Å². The molecular formula is C12H14N4. The molecule has 4 rings (SSSR count). The monoisotopic (exact) mass is 214 g/mol. The number of anilines is 1. The molecule has 0 radical (unpaired) electrons. The molecule has 0 atom stereocenters. The van der Waals surface area contributed by atoms with E-state index < -0.39 is 0 Å². The summed E-state index contributed by atoms with van der Waals surface area (Å²) < 4.78 is 2.41. The number of aromatic nitrogens is 3. The molecule has 2 aliphatic rings. The molecule has 2 aliphatic carbocycles. The first kappa shape index (κ1) is 8.56. The van der Waals surface area contributed by atoms with E-state index in [0.717, 1.165) is 5.52 Å². The van der Waals surface area contributed by atoms with Crippen LogP contribution in [0.1, 0.15) is 43.5 Å². The maximum atomic E-state index is 5.89. The van der Waals surface area contributed by atoms with Gasteiger partial charge in [-0.2, -0.15) is 0 Å². The summed E-state index contributed by atoms with van der Waals surface area (Å²) in [7, 11) is 0. The largest absolute Gasteiger partial charge is 0.382 e. The van der Waals surface area contributed by atoms with Crippen molar-refractivity contribution in [3.8, 4) is 0 Å². The van der Waals surface area contributed by atoms with Crippen LogP contribution >= 0.6 is 0 Å². The molecule has 2 saturated carbocycles. The predicted octanol–water partition coefficient (Wildman–Crippen LogP) is 2.23. The summed E-state index contributed by atoms with van der Waals surface area (Å²) in [6, 6.07) is 2.71. The molecule has 0 bridgehead atoms. The lowest BCUT2D eigenvalue weighted by atomic mass is 10.3. The van der Waals surface area contributed by atoms with Crippen molar-refractivity contribution < 1.29 is 0 Å². The highest BCUT2D eigenvalue weighted by molar-refractivity contribution is 5.85. The molecule has 4 nitrogen and oxygen atoms in total. The standard InChI is InChI=1S/C12H14N4/c13-11-10-9(5-6-14-11)16(8-3-4-8)12(15-10)7-1-2-7/h5-8H,1-4H2,(H2,13,14). The number of fused-ring (bicyclic) bond motifs is 1. The number of nitrogens with zero attached hydrogens (tertiary/aromatic N) is 3. The first-order valence-electron chi connectivity index (χ1n) is 5.97. The van der Waals surface area contributed by atoms with Crippen molar-refractivity contribution in [2.24, 2.45) is 0 Å². The van der Waals surface area contributed by atoms with Gasteiger partial charge in [0.1, 0.15) is 11.3 Å². The van der Waals surface area contributed by atoms with Crippen LogP contribution < -0.4 is 5.73 Å². The van der Waals surface area contributed by atoms with Gasteiger partial charge in [0.25, 0.3) is 0 Å². The number of pyridine rings is 1. The average molecular weight is 214 g/mol. The predicted molar refractivity (Wildman–Crippen MR) is 62.2 cm³/mol. The number of nitrogens with two attached hydrogens (primary N) is 1. The molecule has 2 heterocycles. The summed E-state index contributed by atoms with van der Waals surface area (Å²) in [5.41, 5.74) is 7.97. The lowest BCUT2D eigenvalue weighted by molar-refractivity contribution is 0.703. The minimum absolute atomic E-state index is 0.568. The fraction of sp³-hybridized carbons (Fsp3) is 0.500. The fourth-order valence-electron chi connectivity index (χ4n) is 2.41. The lowest BCUT2D eigenvalue weighted by Crippen LogP contribution is -1.99. The van der Waals surface area contributed by atoms with Crippen LogP contribution in [-0.2, 0) is 0 Å². The topological polar surface area (TPSA) is 56.7 Å². The first-order valence-corrected chi connectivity index (χ1v) is 5.97. The van der Waals surface area contributed by atoms with E-state index >= 15 is 0 Å². The van der Waals surface area contributed by atoms with Crippen molar-refractivity contribution >= 4 is 16.9 Å². The van der Waals surface area contributed by atoms with Gasteiger partial charge in [0, 0.05) is 18.2 Å². The first-order chi connectivity index (χ1) is 7.84. The van der Waals surface area contributed by atoms with Crippen LogP contribution in [0.2, 0.25) is 0 Å². The van der Waals surface area contributed by atoms with Crippen molar-refractivity contribution in [2.45, 2.75) is 37.6 Å². The van der Waals surface area contributed by atoms with E-state index in [4.69, 9.17) is 10.7 Å². The molecule has 0 amide bonds. The second kappa shape index (κ2) is 2.75. The molecule has 0 spiro atoms. The van der Waals surface area contributed by atoms with Gasteiger partial charge in [-0.1, -0.05) is 0 Å². The van der Waals surface area contributed by atoms with E-state index in [1.807, 2.05) is 6.07 Å². The summed E-state index contributed by atoms with van der Waals surface area (Å²) in [6.07, 6.45) is 6.92. The second-order valence-corrected chi connectivity index (χ2v) is 4.91. The summed E-state index contributed by atoms with van der Waals surface area (Å²) >= 11 is 0. The van der Waals surface area contributed by atoms with Gasteiger partial charge in [-0.05, 0) is 31.7 Å². The van der Waals surface area contributed by atoms with Crippen molar-refractivity contribution in [2.75, 3.05) is 5.73 Å². The zero-order chi connectivity index (χ0) is 10.7. The Morgan fingerprint density at radius 1 is 1.25 bits per heavy atom. The molecule has 2 aromatic rings. The minimum atomic E-state index is 0.568. The van der Waals surface area contributed by atoms with Gasteiger partial charge in [-0.25, -0.2) is 9.97 Å². The number of hydrogen-bond acceptors (Lipinski definition) is 3. The van der Waals surface area contributed by atoms with Crippen LogP contribution in [0.25, 0.3) is 11.0 Å². The number of imidazole rings is 1. The molecule has 0 saturated heterocycles. The molecule has 2 N–H and O–H groups in total. The quantitative estimate of drug-likeness (QED) is 0.834. The van der Waals surface area contributed by atoms with Crippen LogP contribution in [0, 0.1) is 0 Å². The summed E-state index contributed by atoms with van der Waals surface area (Å²) in [6.45, 7) is 0. The normalized spacial score (nSPS) is 20.5. The minimum Gasteiger partial charge on any atom is -0.382 e. The zero-order valence-electron chi connectivity index (χ0n) is 9.06. The average Bonchev–Trinajstić information content (AvgIpc) is 3.16. The highest BCUT2D eigenvalue weighted by Crippen LogP contribution is 2.46. The van der Waals surface area contributed by atoms with Crippen molar-refractivity contribution in [1.29, 1.82) is 0 Å². The maximum absolute atomic E-state index is 5.89. The van der Waals surface area contributed by atoms with E-state index in [2.05, 4.69) is 9.55 Å². The van der Waals surface area contributed by atoms with E-state index in [-0.39, 0.29) is 0 Å². The van der Waals surface area contributed by atoms with Crippen LogP contribution in [0.3, 0.4) is 0 Å². The van der Waals surface area contributed by atoms with Gasteiger partial charge in [0.05, 0.1) is 5.52 Å². The van der Waals surface area contributed by atoms with Crippen molar-refractivity contribution in [3.63, 3.8) is 0 Å². The van der Waals surface area contributed by atoms with Crippen molar-refractivity contribution in [1.82, 2.24) is 14.5 Å². The molecule has 4 heteroatoms. The third kappa shape index (κ3) is 1.10. The van der Waals surface area contributed by atoms with Gasteiger partial charge in [0.2, 0.25) is 0 Å². The highest BCUT2D eigenvalue weighted by Gasteiger charge is 2.35. The molecule has 2 aromatic heterocycles. The third-order valence-corrected chi connectivity index (χ3v) is 3.52. The summed E-state index contributed by atoms with van der Waals surface area (Å²) in [5, 5.41) is 0. The van der Waals surface area contributed by atoms with E-state index in [1.54, 1.807) is 6.20 Å². The van der Waals surface area contributed by atoms with E-state index in [0.29, 0.717) is 17.8 Å². The third-order valence-electron chi connectivity index (χ3n) is 3.52. The van der Waals surface area contributed by atoms with Crippen LogP contribution in [-0.4, -0.2) is 14.5 Å². The molecule has 0 aliphatic heterocycles. The summed E-state index contributed by atoms with van der Waals surface area (Å²) in [5.74, 6) is 2.49. The Balaban J connectivity index is 2.04. The summed E-state index contributed by atoms with van der Waals surface area (Å²) in [4.78, 5) is 8.83. The Hall–Kier alpha value is -1.58. The molecule has 16 heavy (non-hydrogen) atoms. The van der Waals surface area contributed by atoms with E-state index in [1.165, 1.54) is 37.0 Å². The molecule has 0 aromatic carbocycles. The maximum Gasteiger partial charge on any atom is 0.151 e. The molecule has 82 valence electrons. The Morgan fingerprint density at radius 2 is 2.06 bits per heavy atom. The molecule has 2 fully saturated rings. The highest BCUT2D eigenvalue weighted by atomic mass is 15.1. The van der Waals surface area contributed by atoms with Gasteiger partial charge in [-0.15, -0.1) is 0 Å². The van der Waals surface area contributed by atoms with Crippen LogP contribution in [0.5, 0.6) is 0 Å². The number of hydrogen-bond donors (Lipinski definition) is 1. The smallest absolute Gasteiger partial charge is 0.151 e. The molecule has 0 unspecified atom stereocenters. The SMILES string of the molecule is Nc1nccc2c1nc(C1CC1)n2C1CC1. The van der Waals surface area contributed by atoms with E-state index in [9.17, 15) is 0 Å². The lowest BCUT2D eigenvalue weighted by Gasteiger charge is -2.05. The Labute approximate surface area is 93.5 Å². The van der Waals surface area contributed by atoms with Gasteiger partial charge in [0.15, 0.2) is 5.82 Å². The van der Waals surface area contributed by atoms with Gasteiger partial charge >= 0.3 is 0 Å². The Bertz CT molecular complexity index is 564. The number of rotatable bonds is 2.